The summed E-state index contributed by atoms with van der Waals surface area (Å²) in [6, 6.07) is 0. The highest BCUT2D eigenvalue weighted by molar-refractivity contribution is 9.09. The lowest BCUT2D eigenvalue weighted by molar-refractivity contribution is -0.114. The predicted octanol–water partition coefficient (Wildman–Crippen LogP) is 3.24. The van der Waals surface area contributed by atoms with Crippen LogP contribution in [0.4, 0.5) is 0 Å². The molecule has 76 valence electrons. The molecule has 0 heterocycles. The van der Waals surface area contributed by atoms with E-state index in [1.165, 1.54) is 7.11 Å². The van der Waals surface area contributed by atoms with Gasteiger partial charge in [-0.25, -0.2) is 0 Å². The summed E-state index contributed by atoms with van der Waals surface area (Å²) in [7, 11) is 1.44. The maximum absolute atomic E-state index is 11.2. The minimum Gasteiger partial charge on any atom is -0.500 e. The van der Waals surface area contributed by atoms with Crippen molar-refractivity contribution in [3.63, 3.8) is 0 Å². The molecule has 0 rings (SSSR count). The van der Waals surface area contributed by atoms with Crippen molar-refractivity contribution in [3.8, 4) is 0 Å². The average Bonchev–Trinajstić information content (AvgIpc) is 1.96. The number of rotatable bonds is 3. The summed E-state index contributed by atoms with van der Waals surface area (Å²) in [6.45, 7) is 1.79. The van der Waals surface area contributed by atoms with Gasteiger partial charge in [0.25, 0.3) is 3.79 Å². The van der Waals surface area contributed by atoms with Crippen molar-refractivity contribution in [1.29, 1.82) is 0 Å². The number of hydrogen-bond acceptors (Lipinski definition) is 2. The van der Waals surface area contributed by atoms with Crippen molar-refractivity contribution in [1.82, 2.24) is 0 Å². The molecule has 0 radical (unpaired) electrons. The van der Waals surface area contributed by atoms with E-state index < -0.39 is 9.58 Å². The molecule has 6 heteroatoms. The smallest absolute Gasteiger partial charge is 0.252 e. The van der Waals surface area contributed by atoms with Crippen molar-refractivity contribution in [2.45, 2.75) is 15.5 Å². The van der Waals surface area contributed by atoms with Crippen LogP contribution in [-0.4, -0.2) is 21.5 Å². The summed E-state index contributed by atoms with van der Waals surface area (Å²) in [6.07, 6.45) is 1.16. The lowest BCUT2D eigenvalue weighted by atomic mass is 10.3. The van der Waals surface area contributed by atoms with Gasteiger partial charge in [0.1, 0.15) is 5.76 Å². The van der Waals surface area contributed by atoms with Gasteiger partial charge in [-0.15, -0.1) is 0 Å². The minimum absolute atomic E-state index is 0.103. The molecule has 0 aliphatic heterocycles. The molecule has 0 aromatic rings. The molecule has 0 spiro atoms. The van der Waals surface area contributed by atoms with Crippen LogP contribution in [0.1, 0.15) is 6.92 Å². The zero-order chi connectivity index (χ0) is 10.6. The molecule has 0 saturated heterocycles. The fraction of sp³-hybridized carbons (Fsp3) is 0.571. The molecule has 0 amide bonds. The molecule has 0 N–H and O–H groups in total. The molecule has 1 unspecified atom stereocenters. The Morgan fingerprint density at radius 1 is 1.54 bits per heavy atom. The molecule has 2 nitrogen and oxygen atoms in total. The van der Waals surface area contributed by atoms with Crippen molar-refractivity contribution in [2.24, 2.45) is 0 Å². The number of methoxy groups -OCH3 is 1. The highest BCUT2D eigenvalue weighted by Gasteiger charge is 2.29. The molecule has 0 saturated carbocycles. The van der Waals surface area contributed by atoms with Crippen LogP contribution >= 0.6 is 50.7 Å². The van der Waals surface area contributed by atoms with Gasteiger partial charge in [0.05, 0.1) is 11.9 Å². The molecule has 0 aromatic carbocycles. The van der Waals surface area contributed by atoms with E-state index in [4.69, 9.17) is 39.5 Å². The third-order valence-corrected chi connectivity index (χ3v) is 2.19. The highest BCUT2D eigenvalue weighted by atomic mass is 79.9. The Labute approximate surface area is 100 Å². The molecule has 0 aromatic heterocycles. The van der Waals surface area contributed by atoms with Gasteiger partial charge in [-0.2, -0.15) is 0 Å². The molecule has 0 aliphatic carbocycles. The van der Waals surface area contributed by atoms with Gasteiger partial charge in [-0.3, -0.25) is 4.79 Å². The molecular weight excluding hydrogens is 302 g/mol. The largest absolute Gasteiger partial charge is 0.500 e. The fourth-order valence-corrected chi connectivity index (χ4v) is 1.03. The van der Waals surface area contributed by atoms with Crippen molar-refractivity contribution >= 4 is 56.5 Å². The monoisotopic (exact) mass is 308 g/mol. The summed E-state index contributed by atoms with van der Waals surface area (Å²) in [5.41, 5.74) is 0. The fourth-order valence-electron chi connectivity index (χ4n) is 0.547. The highest BCUT2D eigenvalue weighted by Crippen LogP contribution is 2.28. The Morgan fingerprint density at radius 2 is 2.00 bits per heavy atom. The normalized spacial score (nSPS) is 15.4. The second-order valence-electron chi connectivity index (χ2n) is 2.23. The Hall–Kier alpha value is 0.560. The first-order valence-corrected chi connectivity index (χ1v) is 5.34. The standard InChI is InChI=1S/C7H8BrCl3O2/c1-4(8)5(13-2)3-6(12)7(9,10)11/h3-4H,1-2H3/b5-3+. The zero-order valence-electron chi connectivity index (χ0n) is 6.98. The van der Waals surface area contributed by atoms with E-state index in [2.05, 4.69) is 15.9 Å². The van der Waals surface area contributed by atoms with Crippen LogP contribution in [0.15, 0.2) is 11.8 Å². The van der Waals surface area contributed by atoms with Crippen LogP contribution in [0.5, 0.6) is 0 Å². The van der Waals surface area contributed by atoms with Crippen LogP contribution in [0.3, 0.4) is 0 Å². The Balaban J connectivity index is 4.62. The Morgan fingerprint density at radius 3 is 2.23 bits per heavy atom. The number of ketones is 1. The number of ether oxygens (including phenoxy) is 1. The van der Waals surface area contributed by atoms with E-state index in [-0.39, 0.29) is 4.83 Å². The van der Waals surface area contributed by atoms with Gasteiger partial charge in [-0.05, 0) is 6.92 Å². The first-order chi connectivity index (χ1) is 5.79. The third kappa shape index (κ3) is 5.11. The molecule has 1 atom stereocenters. The lowest BCUT2D eigenvalue weighted by Gasteiger charge is -2.10. The Bertz CT molecular complexity index is 220. The SMILES string of the molecule is CO/C(=C/C(=O)C(Cl)(Cl)Cl)C(C)Br. The number of carbonyl (C=O) groups excluding carboxylic acids is 1. The number of allylic oxidation sites excluding steroid dienone is 2. The van der Waals surface area contributed by atoms with Gasteiger partial charge in [-0.1, -0.05) is 50.7 Å². The quantitative estimate of drug-likeness (QED) is 0.454. The summed E-state index contributed by atoms with van der Waals surface area (Å²) in [5, 5.41) is 0. The molecular formula is C7H8BrCl3O2. The van der Waals surface area contributed by atoms with Crippen molar-refractivity contribution in [3.05, 3.63) is 11.8 Å². The second kappa shape index (κ2) is 5.44. The van der Waals surface area contributed by atoms with Gasteiger partial charge < -0.3 is 4.74 Å². The predicted molar refractivity (Wildman–Crippen MR) is 58.8 cm³/mol. The minimum atomic E-state index is -1.92. The van der Waals surface area contributed by atoms with E-state index in [9.17, 15) is 4.79 Å². The van der Waals surface area contributed by atoms with Crippen molar-refractivity contribution < 1.29 is 9.53 Å². The number of hydrogen-bond donors (Lipinski definition) is 0. The van der Waals surface area contributed by atoms with E-state index in [0.717, 1.165) is 6.08 Å². The summed E-state index contributed by atoms with van der Waals surface area (Å²) in [5.74, 6) is -0.211. The van der Waals surface area contributed by atoms with E-state index >= 15 is 0 Å². The van der Waals surface area contributed by atoms with Crippen LogP contribution < -0.4 is 0 Å². The first kappa shape index (κ1) is 13.6. The van der Waals surface area contributed by atoms with Crippen LogP contribution in [0.25, 0.3) is 0 Å². The first-order valence-electron chi connectivity index (χ1n) is 3.30. The summed E-state index contributed by atoms with van der Waals surface area (Å²) in [4.78, 5) is 11.1. The van der Waals surface area contributed by atoms with Gasteiger partial charge >= 0.3 is 0 Å². The van der Waals surface area contributed by atoms with E-state index in [1.54, 1.807) is 6.92 Å². The van der Waals surface area contributed by atoms with Gasteiger partial charge in [0, 0.05) is 6.08 Å². The van der Waals surface area contributed by atoms with E-state index in [1.807, 2.05) is 0 Å². The maximum atomic E-state index is 11.2. The van der Waals surface area contributed by atoms with Gasteiger partial charge in [0.2, 0.25) is 5.78 Å². The summed E-state index contributed by atoms with van der Waals surface area (Å²) < 4.78 is 2.97. The van der Waals surface area contributed by atoms with Crippen LogP contribution in [-0.2, 0) is 9.53 Å². The van der Waals surface area contributed by atoms with E-state index in [0.29, 0.717) is 5.76 Å². The molecule has 13 heavy (non-hydrogen) atoms. The third-order valence-electron chi connectivity index (χ3n) is 1.18. The second-order valence-corrected chi connectivity index (χ2v) is 5.88. The average molecular weight is 310 g/mol. The van der Waals surface area contributed by atoms with Gasteiger partial charge in [0.15, 0.2) is 0 Å². The van der Waals surface area contributed by atoms with Crippen LogP contribution in [0, 0.1) is 0 Å². The number of carbonyl (C=O) groups is 1. The number of alkyl halides is 4. The zero-order valence-corrected chi connectivity index (χ0v) is 10.8. The van der Waals surface area contributed by atoms with Crippen LogP contribution in [0.2, 0.25) is 0 Å². The topological polar surface area (TPSA) is 26.3 Å². The number of halogens is 4. The van der Waals surface area contributed by atoms with Crippen molar-refractivity contribution in [2.75, 3.05) is 7.11 Å². The molecule has 0 fully saturated rings. The summed E-state index contributed by atoms with van der Waals surface area (Å²) >= 11 is 19.3. The maximum Gasteiger partial charge on any atom is 0.252 e. The molecule has 0 bridgehead atoms. The Kier molecular flexibility index (Phi) is 5.68. The lowest BCUT2D eigenvalue weighted by Crippen LogP contribution is -2.17. The molecule has 0 aliphatic rings.